The number of rotatable bonds is 25. The molecule has 696 valence electrons. The van der Waals surface area contributed by atoms with Crippen molar-refractivity contribution in [1.29, 1.82) is 0 Å². The first kappa shape index (κ1) is 121. The second-order valence-corrected chi connectivity index (χ2v) is 34.2. The number of aryl methyl sites for hydroxylation is 8. The van der Waals surface area contributed by atoms with E-state index in [-0.39, 0.29) is 118 Å². The SMILES string of the molecule is CCC(=O)c1ccc(C)c2ccsc12.CCOC(=S)Sc1cc(C)ccc1C(=O)OC.CCOC(CC)OCC.CCOC(CSc1cc(C)ccc1C(=O)OC)OCC.CCO[C-]=S.COC(=O)c1ccc(C)c2ccsc12.COC(=O)c1ccc(C)cc1S.Cc1ccc(C(=O)Cl)c2sccc12.Cc1ccc(C(=O)O)c(N)c1.Cc1ccc(C(=O)O)c2sccc12.[K+].[SH-]. The molecule has 0 unspecified atom stereocenters. The molecule has 4 N–H and O–H groups in total. The number of Topliss-reactive ketones (excluding diaryl/α,β-unsaturated/α-hetero) is 1. The topological polar surface area (TPSA) is 295 Å². The Bertz CT molecular complexity index is 5420. The summed E-state index contributed by atoms with van der Waals surface area (Å²) in [6.07, 6.45) is 1.26. The minimum Gasteiger partial charge on any atom is -0.813 e. The van der Waals surface area contributed by atoms with Gasteiger partial charge in [-0.1, -0.05) is 62.4 Å². The molecule has 0 saturated heterocycles. The molecule has 0 saturated carbocycles. The van der Waals surface area contributed by atoms with E-state index in [1.54, 1.807) is 88.2 Å². The van der Waals surface area contributed by atoms with Gasteiger partial charge in [0, 0.05) is 89.9 Å². The molecule has 0 aliphatic heterocycles. The van der Waals surface area contributed by atoms with E-state index in [9.17, 15) is 38.4 Å². The van der Waals surface area contributed by atoms with Crippen LogP contribution in [0.4, 0.5) is 5.69 Å². The van der Waals surface area contributed by atoms with Gasteiger partial charge < -0.3 is 89.0 Å². The number of thiophene rings is 4. The molecule has 12 aromatic rings. The first-order valence-electron chi connectivity index (χ1n) is 40.3. The summed E-state index contributed by atoms with van der Waals surface area (Å²) < 4.78 is 54.2. The maximum absolute atomic E-state index is 11.7. The first-order chi connectivity index (χ1) is 61.1. The van der Waals surface area contributed by atoms with Crippen molar-refractivity contribution in [3.8, 4) is 0 Å². The molecule has 8 aromatic carbocycles. The number of esters is 4. The largest absolute Gasteiger partial charge is 1.00 e. The van der Waals surface area contributed by atoms with Gasteiger partial charge in [0.15, 0.2) is 18.4 Å². The van der Waals surface area contributed by atoms with Crippen molar-refractivity contribution < 1.29 is 147 Å². The third-order valence-corrected chi connectivity index (χ3v) is 24.4. The fraction of sp³-hybridized carbons (Fsp3) is 0.320. The van der Waals surface area contributed by atoms with Crippen LogP contribution < -0.4 is 57.1 Å². The number of aromatic carboxylic acids is 2. The predicted molar refractivity (Wildman–Crippen MR) is 545 cm³/mol. The van der Waals surface area contributed by atoms with Gasteiger partial charge in [0.1, 0.15) is 0 Å². The van der Waals surface area contributed by atoms with E-state index in [0.29, 0.717) is 86.9 Å². The molecular formula is C97H114ClKNO20S10-. The van der Waals surface area contributed by atoms with Crippen LogP contribution in [0.5, 0.6) is 0 Å². The fourth-order valence-electron chi connectivity index (χ4n) is 11.3. The van der Waals surface area contributed by atoms with Crippen molar-refractivity contribution in [2.75, 3.05) is 79.6 Å². The number of hydrogen-bond acceptors (Lipinski definition) is 29. The average molecular weight is 2010 g/mol. The smallest absolute Gasteiger partial charge is 0.813 e. The zero-order chi connectivity index (χ0) is 95.7. The Balaban J connectivity index is 0.000000730. The number of nitrogen functional groups attached to an aromatic ring is 1. The van der Waals surface area contributed by atoms with Crippen molar-refractivity contribution in [1.82, 2.24) is 0 Å². The van der Waals surface area contributed by atoms with Gasteiger partial charge in [0.05, 0.1) is 74.0 Å². The number of halogens is 1. The summed E-state index contributed by atoms with van der Waals surface area (Å²) in [5.74, 6) is -2.27. The van der Waals surface area contributed by atoms with Crippen molar-refractivity contribution in [2.45, 2.75) is 151 Å². The summed E-state index contributed by atoms with van der Waals surface area (Å²) in [5, 5.41) is 29.5. The minimum atomic E-state index is -0.984. The maximum atomic E-state index is 11.7. The number of methoxy groups -OCH3 is 4. The van der Waals surface area contributed by atoms with Crippen molar-refractivity contribution >= 4 is 234 Å². The van der Waals surface area contributed by atoms with Crippen LogP contribution in [0.2, 0.25) is 0 Å². The number of carboxylic acids is 2. The molecule has 0 radical (unpaired) electrons. The van der Waals surface area contributed by atoms with Crippen LogP contribution in [0.25, 0.3) is 40.3 Å². The van der Waals surface area contributed by atoms with Crippen LogP contribution in [0.1, 0.15) is 196 Å². The molecule has 0 atom stereocenters. The number of carbonyl (C=O) groups excluding carboxylic acids is 6. The van der Waals surface area contributed by atoms with Gasteiger partial charge >= 0.3 is 87.2 Å². The summed E-state index contributed by atoms with van der Waals surface area (Å²) in [4.78, 5) is 92.1. The van der Waals surface area contributed by atoms with Gasteiger partial charge in [-0.25, -0.2) is 34.3 Å². The molecule has 4 heterocycles. The Labute approximate surface area is 858 Å². The standard InChI is InChI=1S/C15H22O4S.C12H14O3S2.C12H12OS.C11H10O2S.C10H7ClOS.C10H8O2S.C9H10O2S.C8H9NO2.C7H16O2.C3H5OS.K.H2S/c1-5-18-14(19-6-2)10-20-13-9-11(3)7-8-12(13)15(16)17-4;1-4-15-12(16)17-10-7-8(2)5-6-9(10)11(13)14-3;1-3-11(13)10-5-4-8(2)9-6-7-14-12(9)10;1-7-3-4-9(11(12)13-2)10-8(7)5-6-14-10;2*1-6-2-3-8(10(11)12)9-7(6)4-5-13-9;1-6-3-4-7(8(12)5-6)9(10)11-2;1-5-2-3-6(8(10)11)7(9)4-5;1-4-7(8-5-2)9-6-3;1-2-4-3-5;;/h7-9,14H,5-6,10H2,1-4H3;5-7H,4H2,1-3H3;4-7H,3H2,1-2H3;3-6H,1-2H3;2-5H,1H3;2-5H,1H3,(H,11,12);3-5,12H,1-2H3;2-4H,9H2,1H3,(H,10,11);7H,4-6H2,1-3H3;2H2,1H3;;1H2/q;;;;;;;;;-1;+1;/p-1. The fourth-order valence-corrected chi connectivity index (χ4v) is 18.2. The molecule has 0 aliphatic carbocycles. The quantitative estimate of drug-likeness (QED) is 0.00336. The van der Waals surface area contributed by atoms with E-state index in [2.05, 4.69) is 59.8 Å². The molecule has 12 rings (SSSR count). The van der Waals surface area contributed by atoms with Gasteiger partial charge in [-0.2, -0.15) is 0 Å². The van der Waals surface area contributed by atoms with E-state index >= 15 is 0 Å². The normalized spacial score (nSPS) is 10.0. The third kappa shape index (κ3) is 40.4. The van der Waals surface area contributed by atoms with Gasteiger partial charge in [0.2, 0.25) is 4.38 Å². The van der Waals surface area contributed by atoms with Crippen LogP contribution in [-0.2, 0) is 60.9 Å². The van der Waals surface area contributed by atoms with Crippen LogP contribution in [0.3, 0.4) is 0 Å². The van der Waals surface area contributed by atoms with E-state index < -0.39 is 11.9 Å². The number of thiocarbonyl (C=S) groups is 2. The second kappa shape index (κ2) is 66.0. The van der Waals surface area contributed by atoms with Gasteiger partial charge in [-0.15, -0.1) is 69.7 Å². The van der Waals surface area contributed by atoms with Gasteiger partial charge in [-0.3, -0.25) is 9.59 Å². The molecule has 0 fully saturated rings. The van der Waals surface area contributed by atoms with Crippen LogP contribution in [0.15, 0.2) is 182 Å². The molecule has 0 aliphatic rings. The van der Waals surface area contributed by atoms with Crippen molar-refractivity contribution in [3.05, 3.63) is 256 Å². The number of fused-ring (bicyclic) bond motifs is 4. The molecule has 4 aromatic heterocycles. The molecular weight excluding hydrogens is 1890 g/mol. The Hall–Kier alpha value is -7.49. The summed E-state index contributed by atoms with van der Waals surface area (Å²) in [6.45, 7) is 35.2. The summed E-state index contributed by atoms with van der Waals surface area (Å²) in [5.41, 5.74) is 21.1. The second-order valence-electron chi connectivity index (χ2n) is 26.8. The van der Waals surface area contributed by atoms with Gasteiger partial charge in [-0.05, 0) is 324 Å². The maximum Gasteiger partial charge on any atom is 1.00 e. The van der Waals surface area contributed by atoms with E-state index in [4.69, 9.17) is 77.7 Å². The summed E-state index contributed by atoms with van der Waals surface area (Å²) >= 11 is 27.9. The predicted octanol–water partition coefficient (Wildman–Crippen LogP) is 22.5. The monoisotopic (exact) mass is 2010 g/mol. The molecule has 130 heavy (non-hydrogen) atoms. The number of thioether (sulfide) groups is 2. The van der Waals surface area contributed by atoms with Gasteiger partial charge in [0.25, 0.3) is 5.24 Å². The van der Waals surface area contributed by atoms with Crippen molar-refractivity contribution in [2.24, 2.45) is 0 Å². The molecule has 0 amide bonds. The number of ketones is 1. The van der Waals surface area contributed by atoms with Crippen LogP contribution >= 0.6 is 118 Å². The number of nitrogens with two attached hydrogens (primary N) is 1. The molecule has 33 heteroatoms. The Morgan fingerprint density at radius 1 is 0.438 bits per heavy atom. The number of hydrogen-bond donors (Lipinski definition) is 4. The first-order valence-corrected chi connectivity index (χ1v) is 47.3. The Morgan fingerprint density at radius 3 is 1.15 bits per heavy atom. The zero-order valence-corrected chi connectivity index (χ0v) is 89.2. The number of benzene rings is 8. The molecule has 21 nitrogen and oxygen atoms in total. The average Bonchev–Trinajstić information content (AvgIpc) is 1.70. The van der Waals surface area contributed by atoms with Crippen LogP contribution in [0, 0.1) is 55.4 Å². The summed E-state index contributed by atoms with van der Waals surface area (Å²) in [6, 6.07) is 44.5. The molecule has 0 bridgehead atoms. The van der Waals surface area contributed by atoms with E-state index in [0.717, 1.165) is 97.8 Å². The Morgan fingerprint density at radius 2 is 0.777 bits per heavy atom. The van der Waals surface area contributed by atoms with E-state index in [1.807, 2.05) is 209 Å². The number of thiol groups is 2. The Kier molecular flexibility index (Phi) is 61.2. The minimum absolute atomic E-state index is 0. The van der Waals surface area contributed by atoms with Crippen LogP contribution in [-0.4, -0.2) is 153 Å². The van der Waals surface area contributed by atoms with E-state index in [1.165, 1.54) is 79.7 Å². The van der Waals surface area contributed by atoms with Crippen molar-refractivity contribution in [3.63, 3.8) is 0 Å². The number of carbonyl (C=O) groups is 8. The summed E-state index contributed by atoms with van der Waals surface area (Å²) in [7, 11) is 5.51. The zero-order valence-electron chi connectivity index (χ0n) is 77.0. The number of carboxylic acid groups (broad SMARTS) is 2. The number of ether oxygens (including phenoxy) is 10. The third-order valence-electron chi connectivity index (χ3n) is 17.7. The molecule has 0 spiro atoms. The number of anilines is 1.